The van der Waals surface area contributed by atoms with E-state index in [1.807, 2.05) is 6.92 Å². The van der Waals surface area contributed by atoms with Crippen molar-refractivity contribution in [2.45, 2.75) is 43.4 Å². The van der Waals surface area contributed by atoms with Gasteiger partial charge in [-0.3, -0.25) is 0 Å². The zero-order chi connectivity index (χ0) is 14.8. The van der Waals surface area contributed by atoms with Crippen LogP contribution in [0.25, 0.3) is 0 Å². The zero-order valence-corrected chi connectivity index (χ0v) is 14.7. The molecule has 5 nitrogen and oxygen atoms in total. The van der Waals surface area contributed by atoms with Crippen molar-refractivity contribution >= 4 is 37.3 Å². The fraction of sp³-hybridized carbons (Fsp3) is 0.667. The molecule has 2 rings (SSSR count). The summed E-state index contributed by atoms with van der Waals surface area (Å²) in [6.45, 7) is 2.80. The van der Waals surface area contributed by atoms with Crippen molar-refractivity contribution in [2.75, 3.05) is 13.7 Å². The molecule has 1 aromatic heterocycles. The molecule has 1 atom stereocenters. The van der Waals surface area contributed by atoms with Gasteiger partial charge in [0.05, 0.1) is 9.89 Å². The molecule has 1 aliphatic rings. The highest BCUT2D eigenvalue weighted by Crippen LogP contribution is 2.32. The number of sulfonamides is 1. The van der Waals surface area contributed by atoms with Crippen LogP contribution in [0.5, 0.6) is 0 Å². The lowest BCUT2D eigenvalue weighted by atomic mass is 10.4. The number of nitrogens with one attached hydrogen (secondary N) is 2. The molecule has 0 saturated heterocycles. The SMILES string of the molecule is COC(C)CNS(=O)(=O)c1cc(CNC2CC2)sc1Br. The molecular formula is C12H19BrN2O3S2. The van der Waals surface area contributed by atoms with Crippen molar-refractivity contribution in [3.8, 4) is 0 Å². The van der Waals surface area contributed by atoms with Gasteiger partial charge in [0, 0.05) is 31.1 Å². The first-order chi connectivity index (χ1) is 9.42. The van der Waals surface area contributed by atoms with Gasteiger partial charge in [0.15, 0.2) is 0 Å². The third-order valence-electron chi connectivity index (χ3n) is 3.10. The minimum atomic E-state index is -3.49. The molecule has 1 fully saturated rings. The topological polar surface area (TPSA) is 67.4 Å². The van der Waals surface area contributed by atoms with E-state index in [2.05, 4.69) is 26.0 Å². The van der Waals surface area contributed by atoms with Crippen molar-refractivity contribution in [3.63, 3.8) is 0 Å². The molecule has 1 aliphatic carbocycles. The summed E-state index contributed by atoms with van der Waals surface area (Å²) in [7, 11) is -1.94. The molecule has 2 N–H and O–H groups in total. The van der Waals surface area contributed by atoms with Crippen molar-refractivity contribution in [1.29, 1.82) is 0 Å². The Morgan fingerprint density at radius 2 is 2.25 bits per heavy atom. The van der Waals surface area contributed by atoms with Gasteiger partial charge in [-0.25, -0.2) is 13.1 Å². The Balaban J connectivity index is 2.01. The summed E-state index contributed by atoms with van der Waals surface area (Å²) >= 11 is 4.79. The van der Waals surface area contributed by atoms with Crippen molar-refractivity contribution in [2.24, 2.45) is 0 Å². The Hall–Kier alpha value is 0.01000. The molecular weight excluding hydrogens is 364 g/mol. The van der Waals surface area contributed by atoms with Gasteiger partial charge in [-0.2, -0.15) is 0 Å². The minimum absolute atomic E-state index is 0.154. The Bertz CT molecular complexity index is 555. The number of hydrogen-bond donors (Lipinski definition) is 2. The summed E-state index contributed by atoms with van der Waals surface area (Å²) in [4.78, 5) is 1.32. The summed E-state index contributed by atoms with van der Waals surface area (Å²) in [5.74, 6) is 0. The van der Waals surface area contributed by atoms with Crippen LogP contribution in [0.1, 0.15) is 24.6 Å². The average molecular weight is 383 g/mol. The first-order valence-electron chi connectivity index (χ1n) is 6.46. The van der Waals surface area contributed by atoms with E-state index in [1.165, 1.54) is 24.2 Å². The molecule has 1 saturated carbocycles. The van der Waals surface area contributed by atoms with Gasteiger partial charge in [-0.05, 0) is 41.8 Å². The molecule has 20 heavy (non-hydrogen) atoms. The molecule has 0 bridgehead atoms. The highest BCUT2D eigenvalue weighted by molar-refractivity contribution is 9.11. The molecule has 1 aromatic rings. The summed E-state index contributed by atoms with van der Waals surface area (Å²) in [5, 5.41) is 3.38. The average Bonchev–Trinajstić information content (AvgIpc) is 3.16. The first kappa shape index (κ1) is 16.4. The second-order valence-corrected chi connectivity index (χ2v) is 9.09. The monoisotopic (exact) mass is 382 g/mol. The molecule has 114 valence electrons. The second kappa shape index (κ2) is 6.85. The maximum absolute atomic E-state index is 12.2. The standard InChI is InChI=1S/C12H19BrN2O3S2/c1-8(18-2)6-15-20(16,17)11-5-10(19-12(11)13)7-14-9-3-4-9/h5,8-9,14-15H,3-4,6-7H2,1-2H3. The third kappa shape index (κ3) is 4.51. The largest absolute Gasteiger partial charge is 0.380 e. The second-order valence-electron chi connectivity index (χ2n) is 4.90. The number of halogens is 1. The maximum Gasteiger partial charge on any atom is 0.242 e. The molecule has 1 unspecified atom stereocenters. The van der Waals surface area contributed by atoms with E-state index in [9.17, 15) is 8.42 Å². The highest BCUT2D eigenvalue weighted by atomic mass is 79.9. The zero-order valence-electron chi connectivity index (χ0n) is 11.5. The van der Waals surface area contributed by atoms with E-state index in [4.69, 9.17) is 4.74 Å². The van der Waals surface area contributed by atoms with E-state index >= 15 is 0 Å². The van der Waals surface area contributed by atoms with E-state index in [0.717, 1.165) is 11.4 Å². The fourth-order valence-electron chi connectivity index (χ4n) is 1.59. The molecule has 0 amide bonds. The predicted molar refractivity (Wildman–Crippen MR) is 83.5 cm³/mol. The van der Waals surface area contributed by atoms with E-state index in [-0.39, 0.29) is 12.6 Å². The number of rotatable bonds is 8. The fourth-order valence-corrected chi connectivity index (χ4v) is 5.34. The highest BCUT2D eigenvalue weighted by Gasteiger charge is 2.23. The number of ether oxygens (including phenoxy) is 1. The molecule has 0 spiro atoms. The Morgan fingerprint density at radius 1 is 1.55 bits per heavy atom. The molecule has 0 aliphatic heterocycles. The lowest BCUT2D eigenvalue weighted by Gasteiger charge is -2.10. The van der Waals surface area contributed by atoms with Crippen LogP contribution >= 0.6 is 27.3 Å². The van der Waals surface area contributed by atoms with Gasteiger partial charge in [0.25, 0.3) is 0 Å². The Labute approximate surface area is 132 Å². The van der Waals surface area contributed by atoms with E-state index in [0.29, 0.717) is 14.7 Å². The van der Waals surface area contributed by atoms with Crippen LogP contribution in [0.3, 0.4) is 0 Å². The lowest BCUT2D eigenvalue weighted by Crippen LogP contribution is -2.31. The first-order valence-corrected chi connectivity index (χ1v) is 9.55. The Morgan fingerprint density at radius 3 is 2.85 bits per heavy atom. The quantitative estimate of drug-likeness (QED) is 0.721. The van der Waals surface area contributed by atoms with Crippen LogP contribution in [0, 0.1) is 0 Å². The summed E-state index contributed by atoms with van der Waals surface area (Å²) in [5.41, 5.74) is 0. The summed E-state index contributed by atoms with van der Waals surface area (Å²) in [6, 6.07) is 2.33. The number of thiophene rings is 1. The maximum atomic E-state index is 12.2. The molecule has 8 heteroatoms. The lowest BCUT2D eigenvalue weighted by molar-refractivity contribution is 0.122. The van der Waals surface area contributed by atoms with Crippen LogP contribution in [0.15, 0.2) is 14.7 Å². The van der Waals surface area contributed by atoms with Crippen LogP contribution in [0.2, 0.25) is 0 Å². The van der Waals surface area contributed by atoms with Crippen molar-refractivity contribution in [3.05, 3.63) is 14.7 Å². The van der Waals surface area contributed by atoms with Crippen molar-refractivity contribution < 1.29 is 13.2 Å². The van der Waals surface area contributed by atoms with Crippen LogP contribution in [-0.4, -0.2) is 34.2 Å². The summed E-state index contributed by atoms with van der Waals surface area (Å²) in [6.07, 6.45) is 2.28. The molecule has 0 aromatic carbocycles. The van der Waals surface area contributed by atoms with Crippen LogP contribution in [0.4, 0.5) is 0 Å². The van der Waals surface area contributed by atoms with Crippen LogP contribution < -0.4 is 10.0 Å². The molecule has 1 heterocycles. The van der Waals surface area contributed by atoms with Gasteiger partial charge in [-0.15, -0.1) is 11.3 Å². The molecule has 0 radical (unpaired) electrons. The van der Waals surface area contributed by atoms with Gasteiger partial charge >= 0.3 is 0 Å². The minimum Gasteiger partial charge on any atom is -0.380 e. The van der Waals surface area contributed by atoms with Gasteiger partial charge < -0.3 is 10.1 Å². The smallest absolute Gasteiger partial charge is 0.242 e. The summed E-state index contributed by atoms with van der Waals surface area (Å²) < 4.78 is 32.7. The van der Waals surface area contributed by atoms with E-state index in [1.54, 1.807) is 13.2 Å². The van der Waals surface area contributed by atoms with Gasteiger partial charge in [0.2, 0.25) is 10.0 Å². The van der Waals surface area contributed by atoms with Crippen molar-refractivity contribution in [1.82, 2.24) is 10.0 Å². The number of methoxy groups -OCH3 is 1. The Kier molecular flexibility index (Phi) is 5.61. The normalized spacial score (nSPS) is 17.4. The third-order valence-corrected chi connectivity index (χ3v) is 6.78. The van der Waals surface area contributed by atoms with Crippen LogP contribution in [-0.2, 0) is 21.3 Å². The van der Waals surface area contributed by atoms with E-state index < -0.39 is 10.0 Å². The number of hydrogen-bond acceptors (Lipinski definition) is 5. The predicted octanol–water partition coefficient (Wildman–Crippen LogP) is 2.08. The van der Waals surface area contributed by atoms with Gasteiger partial charge in [-0.1, -0.05) is 0 Å². The van der Waals surface area contributed by atoms with Gasteiger partial charge in [0.1, 0.15) is 4.90 Å².